The van der Waals surface area contributed by atoms with Gasteiger partial charge in [-0.2, -0.15) is 0 Å². The molecule has 4 N–H and O–H groups in total. The maximum absolute atomic E-state index is 13.0. The predicted octanol–water partition coefficient (Wildman–Crippen LogP) is 0.147. The van der Waals surface area contributed by atoms with Gasteiger partial charge in [-0.25, -0.2) is 0 Å². The van der Waals surface area contributed by atoms with Crippen molar-refractivity contribution < 1.29 is 38.8 Å². The summed E-state index contributed by atoms with van der Waals surface area (Å²) in [5.74, 6) is -0.484. The van der Waals surface area contributed by atoms with E-state index in [1.807, 2.05) is 26.0 Å². The highest BCUT2D eigenvalue weighted by Gasteiger charge is 2.54. The Morgan fingerprint density at radius 3 is 2.23 bits per heavy atom. The van der Waals surface area contributed by atoms with Crippen LogP contribution in [0.3, 0.4) is 0 Å². The minimum Gasteiger partial charge on any atom is -0.493 e. The Hall–Kier alpha value is -2.69. The molecule has 1 heterocycles. The summed E-state index contributed by atoms with van der Waals surface area (Å²) in [7, 11) is 3.13. The van der Waals surface area contributed by atoms with Crippen molar-refractivity contribution in [3.05, 3.63) is 23.3 Å². The van der Waals surface area contributed by atoms with Crippen molar-refractivity contribution in [3.8, 4) is 11.5 Å². The van der Waals surface area contributed by atoms with Gasteiger partial charge in [0.25, 0.3) is 0 Å². The fraction of sp³-hybridized carbons (Fsp3) is 0.640. The van der Waals surface area contributed by atoms with E-state index in [1.54, 1.807) is 14.2 Å². The van der Waals surface area contributed by atoms with Crippen LogP contribution in [0.5, 0.6) is 11.5 Å². The summed E-state index contributed by atoms with van der Waals surface area (Å²) in [5, 5.41) is 24.6. The van der Waals surface area contributed by atoms with E-state index >= 15 is 0 Å². The number of hydrogen-bond acceptors (Lipinski definition) is 8. The van der Waals surface area contributed by atoms with Crippen molar-refractivity contribution in [3.63, 3.8) is 0 Å². The van der Waals surface area contributed by atoms with Gasteiger partial charge in [-0.1, -0.05) is 13.8 Å². The Bertz CT molecular complexity index is 944. The molecule has 10 nitrogen and oxygen atoms in total. The first-order valence-electron chi connectivity index (χ1n) is 11.9. The molecule has 1 aromatic rings. The highest BCUT2D eigenvalue weighted by atomic mass is 16.6. The molecule has 0 unspecified atom stereocenters. The van der Waals surface area contributed by atoms with Crippen molar-refractivity contribution in [2.45, 2.75) is 57.2 Å². The van der Waals surface area contributed by atoms with Gasteiger partial charge in [-0.15, -0.1) is 0 Å². The molecule has 1 aliphatic heterocycles. The SMILES string of the molecule is COc1cc2c(cc1OC)C[C@H](C(=O)N[C@@H](CO)C(=O)N[C@@H](CC(C)C)C(=O)[C@@]1(CO)CO1)CC2. The number of aryl methyl sites for hydroxylation is 1. The zero-order valence-electron chi connectivity index (χ0n) is 20.8. The summed E-state index contributed by atoms with van der Waals surface area (Å²) in [4.78, 5) is 38.8. The van der Waals surface area contributed by atoms with Crippen LogP contribution in [0.2, 0.25) is 0 Å². The lowest BCUT2D eigenvalue weighted by Crippen LogP contribution is -2.56. The molecule has 3 rings (SSSR count). The minimum atomic E-state index is -1.27. The van der Waals surface area contributed by atoms with Crippen LogP contribution in [0.4, 0.5) is 0 Å². The molecule has 35 heavy (non-hydrogen) atoms. The Morgan fingerprint density at radius 2 is 1.71 bits per heavy atom. The summed E-state index contributed by atoms with van der Waals surface area (Å²) in [5.41, 5.74) is 0.781. The largest absolute Gasteiger partial charge is 0.493 e. The number of amides is 2. The third-order valence-electron chi connectivity index (χ3n) is 6.66. The number of Topliss-reactive ketones (excluding diaryl/α,β-unsaturated/α-hetero) is 1. The molecule has 1 fully saturated rings. The Morgan fingerprint density at radius 1 is 1.09 bits per heavy atom. The summed E-state index contributed by atoms with van der Waals surface area (Å²) in [6.07, 6.45) is 2.05. The first-order chi connectivity index (χ1) is 16.7. The Kier molecular flexibility index (Phi) is 8.74. The van der Waals surface area contributed by atoms with Gasteiger partial charge >= 0.3 is 0 Å². The summed E-state index contributed by atoms with van der Waals surface area (Å²) in [6, 6.07) is 1.68. The fourth-order valence-electron chi connectivity index (χ4n) is 4.48. The molecule has 194 valence electrons. The second kappa shape index (κ2) is 11.4. The Labute approximate surface area is 205 Å². The van der Waals surface area contributed by atoms with Crippen molar-refractivity contribution in [1.82, 2.24) is 10.6 Å². The molecule has 0 radical (unpaired) electrons. The molecule has 2 aliphatic rings. The van der Waals surface area contributed by atoms with E-state index in [0.29, 0.717) is 37.2 Å². The zero-order chi connectivity index (χ0) is 25.8. The average molecular weight is 493 g/mol. The topological polar surface area (TPSA) is 147 Å². The number of ketones is 1. The number of benzene rings is 1. The van der Waals surface area contributed by atoms with Gasteiger partial charge in [0.2, 0.25) is 11.8 Å². The van der Waals surface area contributed by atoms with E-state index in [9.17, 15) is 24.6 Å². The number of epoxide rings is 1. The predicted molar refractivity (Wildman–Crippen MR) is 126 cm³/mol. The van der Waals surface area contributed by atoms with E-state index in [0.717, 1.165) is 11.1 Å². The lowest BCUT2D eigenvalue weighted by molar-refractivity contribution is -0.135. The van der Waals surface area contributed by atoms with Crippen molar-refractivity contribution >= 4 is 17.6 Å². The van der Waals surface area contributed by atoms with E-state index in [2.05, 4.69) is 10.6 Å². The molecule has 1 aromatic carbocycles. The standard InChI is InChI=1S/C25H36N2O8/c1-14(2)7-18(22(30)25(12-29)13-35-25)26-24(32)19(11-28)27-23(31)16-6-5-15-9-20(33-3)21(34-4)10-17(15)8-16/h9-10,14,16,18-19,28-29H,5-8,11-13H2,1-4H3,(H,26,32)(H,27,31)/t16-,18+,19+,25-/m1/s1. The van der Waals surface area contributed by atoms with Gasteiger partial charge in [0.15, 0.2) is 22.9 Å². The van der Waals surface area contributed by atoms with E-state index in [1.165, 1.54) is 0 Å². The van der Waals surface area contributed by atoms with Gasteiger partial charge in [-0.05, 0) is 54.9 Å². The molecule has 4 atom stereocenters. The molecule has 1 saturated heterocycles. The molecule has 10 heteroatoms. The molecule has 0 saturated carbocycles. The van der Waals surface area contributed by atoms with Gasteiger partial charge in [-0.3, -0.25) is 14.4 Å². The number of rotatable bonds is 12. The molecule has 1 aliphatic carbocycles. The van der Waals surface area contributed by atoms with Crippen LogP contribution in [-0.4, -0.2) is 79.5 Å². The first-order valence-corrected chi connectivity index (χ1v) is 11.9. The molecule has 0 bridgehead atoms. The summed E-state index contributed by atoms with van der Waals surface area (Å²) < 4.78 is 15.9. The van der Waals surface area contributed by atoms with Crippen molar-refractivity contribution in [1.29, 1.82) is 0 Å². The molecular formula is C25H36N2O8. The van der Waals surface area contributed by atoms with Crippen LogP contribution in [0.1, 0.15) is 37.8 Å². The third-order valence-corrected chi connectivity index (χ3v) is 6.66. The number of hydrogen-bond donors (Lipinski definition) is 4. The van der Waals surface area contributed by atoms with Gasteiger partial charge in [0, 0.05) is 5.92 Å². The van der Waals surface area contributed by atoms with E-state index in [-0.39, 0.29) is 24.3 Å². The lowest BCUT2D eigenvalue weighted by atomic mass is 9.83. The number of fused-ring (bicyclic) bond motifs is 1. The lowest BCUT2D eigenvalue weighted by Gasteiger charge is -2.28. The van der Waals surface area contributed by atoms with Gasteiger partial charge in [0.05, 0.1) is 40.1 Å². The number of nitrogens with one attached hydrogen (secondary N) is 2. The number of aliphatic hydroxyl groups excluding tert-OH is 2. The Balaban J connectivity index is 1.65. The quantitative estimate of drug-likeness (QED) is 0.302. The number of carbonyl (C=O) groups is 3. The highest BCUT2D eigenvalue weighted by Crippen LogP contribution is 2.35. The monoisotopic (exact) mass is 492 g/mol. The van der Waals surface area contributed by atoms with Crippen molar-refractivity contribution in [2.24, 2.45) is 11.8 Å². The van der Waals surface area contributed by atoms with E-state index < -0.39 is 42.6 Å². The molecule has 0 aromatic heterocycles. The smallest absolute Gasteiger partial charge is 0.245 e. The second-order valence-corrected chi connectivity index (χ2v) is 9.66. The van der Waals surface area contributed by atoms with Crippen LogP contribution >= 0.6 is 0 Å². The maximum atomic E-state index is 13.0. The number of methoxy groups -OCH3 is 2. The van der Waals surface area contributed by atoms with Crippen molar-refractivity contribution in [2.75, 3.05) is 34.0 Å². The number of carbonyl (C=O) groups excluding carboxylic acids is 3. The van der Waals surface area contributed by atoms with Crippen LogP contribution in [0.15, 0.2) is 12.1 Å². The van der Waals surface area contributed by atoms with Crippen LogP contribution in [-0.2, 0) is 32.0 Å². The zero-order valence-corrected chi connectivity index (χ0v) is 20.8. The molecule has 0 spiro atoms. The third kappa shape index (κ3) is 6.12. The van der Waals surface area contributed by atoms with E-state index in [4.69, 9.17) is 14.2 Å². The number of aliphatic hydroxyl groups is 2. The van der Waals surface area contributed by atoms with Crippen LogP contribution < -0.4 is 20.1 Å². The summed E-state index contributed by atoms with van der Waals surface area (Å²) >= 11 is 0. The van der Waals surface area contributed by atoms with Gasteiger partial charge in [0.1, 0.15) is 6.04 Å². The van der Waals surface area contributed by atoms with Crippen LogP contribution in [0, 0.1) is 11.8 Å². The highest BCUT2D eigenvalue weighted by molar-refractivity contribution is 5.98. The summed E-state index contributed by atoms with van der Waals surface area (Å²) in [6.45, 7) is 2.84. The second-order valence-electron chi connectivity index (χ2n) is 9.66. The maximum Gasteiger partial charge on any atom is 0.245 e. The normalized spacial score (nSPS) is 22.5. The number of ether oxygens (including phenoxy) is 3. The minimum absolute atomic E-state index is 0.0823. The average Bonchev–Trinajstić information content (AvgIpc) is 3.65. The molecular weight excluding hydrogens is 456 g/mol. The first kappa shape index (κ1) is 26.9. The fourth-order valence-corrected chi connectivity index (χ4v) is 4.48. The van der Waals surface area contributed by atoms with Gasteiger partial charge < -0.3 is 35.1 Å². The van der Waals surface area contributed by atoms with Crippen LogP contribution in [0.25, 0.3) is 0 Å². The molecule has 2 amide bonds.